The minimum Gasteiger partial charge on any atom is -0.391 e. The van der Waals surface area contributed by atoms with E-state index in [1.807, 2.05) is 0 Å². The van der Waals surface area contributed by atoms with Crippen LogP contribution in [-0.4, -0.2) is 127 Å². The van der Waals surface area contributed by atoms with Crippen molar-refractivity contribution in [2.45, 2.75) is 149 Å². The first kappa shape index (κ1) is 60.6. The molecule has 0 N–H and O–H groups in total. The van der Waals surface area contributed by atoms with E-state index < -0.39 is 120 Å². The Bertz CT molecular complexity index is 1890. The molecule has 0 aromatic rings. The molecule has 4 rings (SSSR count). The summed E-state index contributed by atoms with van der Waals surface area (Å²) >= 11 is 0. The zero-order valence-corrected chi connectivity index (χ0v) is 52.5. The number of rotatable bonds is 25. The van der Waals surface area contributed by atoms with Gasteiger partial charge in [0.2, 0.25) is 33.3 Å². The summed E-state index contributed by atoms with van der Waals surface area (Å²) in [7, 11) is -39.6. The maximum absolute atomic E-state index is 7.34. The summed E-state index contributed by atoms with van der Waals surface area (Å²) in [5, 5.41) is 0. The topological polar surface area (TPSA) is 185 Å². The zero-order valence-electron chi connectivity index (χ0n) is 43.5. The third-order valence-electron chi connectivity index (χ3n) is 10.0. The van der Waals surface area contributed by atoms with Crippen LogP contribution in [0.15, 0.2) is 99.7 Å². The Morgan fingerprint density at radius 3 is 1.30 bits per heavy atom. The van der Waals surface area contributed by atoms with E-state index in [4.69, 9.17) is 87.3 Å². The van der Waals surface area contributed by atoms with Crippen molar-refractivity contribution in [2.75, 3.05) is 7.11 Å². The second-order valence-corrected chi connectivity index (χ2v) is 48.1. The van der Waals surface area contributed by atoms with Gasteiger partial charge in [-0.25, -0.2) is 4.74 Å². The Morgan fingerprint density at radius 1 is 0.464 bits per heavy atom. The molecule has 29 heteroatoms. The number of ether oxygens (including phenoxy) is 4. The minimum absolute atomic E-state index is 1.22. The Hall–Kier alpha value is -0.928. The van der Waals surface area contributed by atoms with Crippen molar-refractivity contribution in [1.82, 2.24) is 0 Å². The van der Waals surface area contributed by atoms with E-state index in [0.717, 1.165) is 0 Å². The third kappa shape index (κ3) is 15.1. The quantitative estimate of drug-likeness (QED) is 0.0483. The molecule has 4 heterocycles. The highest BCUT2D eigenvalue weighted by Crippen LogP contribution is 2.52. The lowest BCUT2D eigenvalue weighted by Gasteiger charge is -2.58. The van der Waals surface area contributed by atoms with Crippen LogP contribution in [0.5, 0.6) is 0 Å². The SMILES string of the molecule is C=CC(C)(C)OC1OC2(OC(C)(C)C=C)O[Si]3(OC(C)(C)C=C)OC(OC)(O[Si](C)(C)C=C)O[Si]4(O[Si](C)(C)C=C)O[Si](O[Si](C)(C)C=C)(O1)O[Si](OC(C)(C)C=C)(O2)O[Si](O[Si](C)(C)C=C)(O3)O4. The zero-order chi connectivity index (χ0) is 52.9. The van der Waals surface area contributed by atoms with Crippen LogP contribution in [0.1, 0.15) is 55.4 Å². The first-order valence-corrected chi connectivity index (χ1v) is 42.1. The molecule has 8 atom stereocenters. The molecule has 69 heavy (non-hydrogen) atoms. The highest BCUT2D eigenvalue weighted by molar-refractivity contribution is 6.94. The molecule has 4 saturated heterocycles. The van der Waals surface area contributed by atoms with Gasteiger partial charge in [-0.05, 0) is 108 Å². The molecule has 0 amide bonds. The second kappa shape index (κ2) is 20.3. The molecular weight excluding hydrogens is 1050 g/mol. The molecular formula is C40H76O20Si9. The fraction of sp³-hybridized carbons (Fsp3) is 0.600. The molecule has 8 unspecified atom stereocenters. The fourth-order valence-electron chi connectivity index (χ4n) is 5.49. The molecule has 0 spiro atoms. The molecule has 0 aromatic carbocycles. The molecule has 4 fully saturated rings. The van der Waals surface area contributed by atoms with Gasteiger partial charge in [0.15, 0.2) is 0 Å². The normalized spacial score (nSPS) is 33.9. The van der Waals surface area contributed by atoms with E-state index in [-0.39, 0.29) is 0 Å². The van der Waals surface area contributed by atoms with E-state index in [0.29, 0.717) is 0 Å². The van der Waals surface area contributed by atoms with Gasteiger partial charge in [0.05, 0.1) is 22.4 Å². The highest BCUT2D eigenvalue weighted by atomic mass is 28.6. The van der Waals surface area contributed by atoms with Crippen molar-refractivity contribution in [1.29, 1.82) is 0 Å². The number of hydrogen-bond donors (Lipinski definition) is 0. The van der Waals surface area contributed by atoms with Crippen LogP contribution in [0.4, 0.5) is 0 Å². The monoisotopic (exact) mass is 1130 g/mol. The van der Waals surface area contributed by atoms with Crippen molar-refractivity contribution < 1.29 is 87.3 Å². The molecule has 4 aliphatic rings. The van der Waals surface area contributed by atoms with Crippen LogP contribution in [0, 0.1) is 0 Å². The summed E-state index contributed by atoms with van der Waals surface area (Å²) < 4.78 is 140. The van der Waals surface area contributed by atoms with Crippen LogP contribution >= 0.6 is 0 Å². The largest absolute Gasteiger partial charge is 0.686 e. The second-order valence-electron chi connectivity index (χ2n) is 20.4. The van der Waals surface area contributed by atoms with Crippen molar-refractivity contribution >= 4 is 78.5 Å². The number of fused-ring (bicyclic) bond motifs is 4. The van der Waals surface area contributed by atoms with Crippen molar-refractivity contribution in [3.8, 4) is 0 Å². The standard InChI is InChI=1S/C40H76O20Si9/c1-26-35(9,10)42-34-43-40(45-36(11,12)27-2)51-66(46-37(13,14)28-3)49-39(41-17,48-61(18,19)30-5)50-68(54-63(22,23)32-7)57-65(44-34,53-62(20,21)31-6)56-67(52-40,47-38(15,16)29-4)59-69(58-66,60-68)55-64(24,25)33-8/h26-34H,1-8H2,9-25H3. The lowest BCUT2D eigenvalue weighted by molar-refractivity contribution is -0.545. The highest BCUT2D eigenvalue weighted by Gasteiger charge is 2.87. The Labute approximate surface area is 419 Å². The van der Waals surface area contributed by atoms with Gasteiger partial charge in [0, 0.05) is 7.11 Å². The van der Waals surface area contributed by atoms with Crippen LogP contribution in [0.3, 0.4) is 0 Å². The van der Waals surface area contributed by atoms with Gasteiger partial charge in [0.25, 0.3) is 6.48 Å². The molecule has 0 aliphatic carbocycles. The van der Waals surface area contributed by atoms with E-state index in [2.05, 4.69) is 52.6 Å². The maximum Gasteiger partial charge on any atom is 0.686 e. The van der Waals surface area contributed by atoms with Crippen molar-refractivity contribution in [2.24, 2.45) is 0 Å². The smallest absolute Gasteiger partial charge is 0.391 e. The van der Waals surface area contributed by atoms with Gasteiger partial charge in [-0.2, -0.15) is 0 Å². The number of hydrogen-bond acceptors (Lipinski definition) is 20. The summed E-state index contributed by atoms with van der Waals surface area (Å²) in [6, 6.07) is 0. The summed E-state index contributed by atoms with van der Waals surface area (Å²) in [6.07, 6.45) is -0.140. The predicted molar refractivity (Wildman–Crippen MR) is 273 cm³/mol. The Morgan fingerprint density at radius 2 is 0.841 bits per heavy atom. The molecule has 0 radical (unpaired) electrons. The van der Waals surface area contributed by atoms with Crippen LogP contribution in [0.25, 0.3) is 0 Å². The molecule has 0 saturated carbocycles. The van der Waals surface area contributed by atoms with Gasteiger partial charge < -0.3 is 60.1 Å². The average Bonchev–Trinajstić information content (AvgIpc) is 3.17. The predicted octanol–water partition coefficient (Wildman–Crippen LogP) is 8.27. The van der Waals surface area contributed by atoms with Gasteiger partial charge >= 0.3 is 57.6 Å². The molecule has 6 bridgehead atoms. The summed E-state index contributed by atoms with van der Waals surface area (Å²) in [5.74, 6) is 0. The molecule has 392 valence electrons. The van der Waals surface area contributed by atoms with Crippen LogP contribution in [-0.2, 0) is 87.3 Å². The van der Waals surface area contributed by atoms with Crippen LogP contribution < -0.4 is 0 Å². The Balaban J connectivity index is 2.49. The van der Waals surface area contributed by atoms with E-state index in [1.54, 1.807) is 131 Å². The summed E-state index contributed by atoms with van der Waals surface area (Å²) in [4.78, 5) is 0. The third-order valence-corrected chi connectivity index (χ3v) is 38.1. The van der Waals surface area contributed by atoms with Gasteiger partial charge in [-0.3, -0.25) is 22.4 Å². The lowest BCUT2D eigenvalue weighted by Crippen LogP contribution is -2.87. The lowest BCUT2D eigenvalue weighted by atomic mass is 10.1. The first-order valence-electron chi connectivity index (χ1n) is 22.0. The van der Waals surface area contributed by atoms with Crippen molar-refractivity contribution in [3.05, 3.63) is 99.7 Å². The molecule has 20 nitrogen and oxygen atoms in total. The van der Waals surface area contributed by atoms with E-state index in [1.165, 1.54) is 31.4 Å². The van der Waals surface area contributed by atoms with Crippen molar-refractivity contribution in [3.63, 3.8) is 0 Å². The fourth-order valence-corrected chi connectivity index (χ4v) is 34.6. The summed E-state index contributed by atoms with van der Waals surface area (Å²) in [6.45, 7) is 57.7. The van der Waals surface area contributed by atoms with E-state index in [9.17, 15) is 0 Å². The van der Waals surface area contributed by atoms with Gasteiger partial charge in [0.1, 0.15) is 0 Å². The molecule has 4 aliphatic heterocycles. The summed E-state index contributed by atoms with van der Waals surface area (Å²) in [5.41, 5.74) is 0.738. The van der Waals surface area contributed by atoms with Gasteiger partial charge in [-0.15, -0.1) is 52.6 Å². The Kier molecular flexibility index (Phi) is 17.8. The van der Waals surface area contributed by atoms with E-state index >= 15 is 0 Å². The maximum atomic E-state index is 7.34. The molecule has 0 aromatic heterocycles. The van der Waals surface area contributed by atoms with Gasteiger partial charge in [-0.1, -0.05) is 47.1 Å². The average molecular weight is 1130 g/mol. The first-order chi connectivity index (χ1) is 31.1. The number of methoxy groups -OCH3 is 1. The van der Waals surface area contributed by atoms with Crippen LogP contribution in [0.2, 0.25) is 52.4 Å². The minimum atomic E-state index is -5.64.